The number of hydrogen-bond acceptors (Lipinski definition) is 3. The Morgan fingerprint density at radius 2 is 1.81 bits per heavy atom. The van der Waals surface area contributed by atoms with Crippen LogP contribution < -0.4 is 10.2 Å². The van der Waals surface area contributed by atoms with Gasteiger partial charge in [0.2, 0.25) is 5.91 Å². The minimum atomic E-state index is -0.669. The van der Waals surface area contributed by atoms with Gasteiger partial charge in [-0.1, -0.05) is 59.6 Å². The minimum Gasteiger partial charge on any atom is -0.324 e. The van der Waals surface area contributed by atoms with Crippen LogP contribution in [0.2, 0.25) is 10.0 Å². The van der Waals surface area contributed by atoms with Crippen molar-refractivity contribution in [1.29, 1.82) is 0 Å². The number of carbonyl (C=O) groups is 2. The number of benzene rings is 3. The maximum Gasteiger partial charge on any atom is 0.252 e. The molecule has 7 heteroatoms. The normalized spacial score (nSPS) is 15.6. The predicted molar refractivity (Wildman–Crippen MR) is 130 cm³/mol. The second-order valence-electron chi connectivity index (χ2n) is 7.57. The smallest absolute Gasteiger partial charge is 0.252 e. The van der Waals surface area contributed by atoms with E-state index >= 15 is 0 Å². The first-order valence-corrected chi connectivity index (χ1v) is 10.9. The van der Waals surface area contributed by atoms with Gasteiger partial charge in [-0.15, -0.1) is 0 Å². The molecule has 3 aromatic rings. The maximum absolute atomic E-state index is 13.3. The van der Waals surface area contributed by atoms with Gasteiger partial charge in [0.1, 0.15) is 12.6 Å². The van der Waals surface area contributed by atoms with Gasteiger partial charge in [-0.25, -0.2) is 0 Å². The van der Waals surface area contributed by atoms with Crippen molar-refractivity contribution in [3.8, 4) is 0 Å². The molecule has 1 unspecified atom stereocenters. The van der Waals surface area contributed by atoms with E-state index in [0.29, 0.717) is 32.7 Å². The third-order valence-corrected chi connectivity index (χ3v) is 5.99. The van der Waals surface area contributed by atoms with Gasteiger partial charge in [-0.2, -0.15) is 0 Å². The summed E-state index contributed by atoms with van der Waals surface area (Å²) in [7, 11) is 0. The fourth-order valence-corrected chi connectivity index (χ4v) is 4.01. The zero-order valence-electron chi connectivity index (χ0n) is 17.6. The monoisotopic (exact) mass is 465 g/mol. The number of amides is 2. The van der Waals surface area contributed by atoms with Crippen LogP contribution in [0.3, 0.4) is 0 Å². The van der Waals surface area contributed by atoms with Gasteiger partial charge in [0.05, 0.1) is 11.4 Å². The van der Waals surface area contributed by atoms with Crippen molar-refractivity contribution in [1.82, 2.24) is 0 Å². The van der Waals surface area contributed by atoms with E-state index in [2.05, 4.69) is 5.32 Å². The molecule has 0 radical (unpaired) electrons. The highest BCUT2D eigenvalue weighted by Gasteiger charge is 2.31. The van der Waals surface area contributed by atoms with E-state index in [1.54, 1.807) is 43.3 Å². The van der Waals surface area contributed by atoms with E-state index in [9.17, 15) is 9.59 Å². The summed E-state index contributed by atoms with van der Waals surface area (Å²) < 4.78 is 0. The number of halogens is 2. The molecule has 162 valence electrons. The average molecular weight is 466 g/mol. The fraction of sp³-hybridized carbons (Fsp3) is 0.160. The topological polar surface area (TPSA) is 61.8 Å². The third-order valence-electron chi connectivity index (χ3n) is 5.34. The summed E-state index contributed by atoms with van der Waals surface area (Å²) in [5.41, 5.74) is 4.20. The average Bonchev–Trinajstić information content (AvgIpc) is 2.88. The number of benzodiazepines with no additional fused rings is 1. The number of anilines is 2. The van der Waals surface area contributed by atoms with Crippen molar-refractivity contribution in [3.05, 3.63) is 93.5 Å². The molecule has 0 aliphatic carbocycles. The van der Waals surface area contributed by atoms with Crippen LogP contribution in [0.1, 0.15) is 23.6 Å². The zero-order chi connectivity index (χ0) is 22.8. The fourth-order valence-electron chi connectivity index (χ4n) is 3.66. The van der Waals surface area contributed by atoms with Crippen molar-refractivity contribution in [3.63, 3.8) is 0 Å². The van der Waals surface area contributed by atoms with Crippen LogP contribution in [-0.2, 0) is 9.59 Å². The number of rotatable bonds is 4. The number of aliphatic imine (C=N–C) groups is 1. The van der Waals surface area contributed by atoms with Crippen molar-refractivity contribution in [2.75, 3.05) is 16.8 Å². The van der Waals surface area contributed by atoms with Crippen LogP contribution >= 0.6 is 23.2 Å². The van der Waals surface area contributed by atoms with E-state index in [1.807, 2.05) is 37.3 Å². The molecule has 4 rings (SSSR count). The molecule has 0 bridgehead atoms. The molecular formula is C25H21Cl2N3O2. The molecule has 1 aliphatic heterocycles. The molecule has 1 N–H and O–H groups in total. The van der Waals surface area contributed by atoms with Gasteiger partial charge in [0.15, 0.2) is 0 Å². The molecule has 0 saturated heterocycles. The Hall–Kier alpha value is -3.15. The second-order valence-corrected chi connectivity index (χ2v) is 8.41. The highest BCUT2D eigenvalue weighted by molar-refractivity contribution is 6.32. The van der Waals surface area contributed by atoms with E-state index in [-0.39, 0.29) is 18.4 Å². The van der Waals surface area contributed by atoms with Crippen molar-refractivity contribution < 1.29 is 9.59 Å². The summed E-state index contributed by atoms with van der Waals surface area (Å²) in [5, 5.41) is 3.94. The van der Waals surface area contributed by atoms with E-state index in [4.69, 9.17) is 28.2 Å². The molecule has 1 atom stereocenters. The summed E-state index contributed by atoms with van der Waals surface area (Å²) in [6, 6.07) is 19.5. The largest absolute Gasteiger partial charge is 0.324 e. The number of hydrogen-bond donors (Lipinski definition) is 1. The van der Waals surface area contributed by atoms with Gasteiger partial charge in [0, 0.05) is 26.9 Å². The summed E-state index contributed by atoms with van der Waals surface area (Å²) in [6.45, 7) is 3.39. The molecule has 0 saturated carbocycles. The van der Waals surface area contributed by atoms with E-state index in [1.165, 1.54) is 4.90 Å². The lowest BCUT2D eigenvalue weighted by atomic mass is 10.00. The Bertz CT molecular complexity index is 1230. The highest BCUT2D eigenvalue weighted by atomic mass is 35.5. The third kappa shape index (κ3) is 4.40. The van der Waals surface area contributed by atoms with Gasteiger partial charge in [0.25, 0.3) is 5.91 Å². The van der Waals surface area contributed by atoms with Crippen LogP contribution in [0.15, 0.2) is 71.7 Å². The van der Waals surface area contributed by atoms with Crippen LogP contribution in [0, 0.1) is 6.92 Å². The van der Waals surface area contributed by atoms with Crippen molar-refractivity contribution >= 4 is 52.1 Å². The first-order chi connectivity index (χ1) is 15.3. The van der Waals surface area contributed by atoms with E-state index < -0.39 is 6.04 Å². The molecule has 0 aromatic heterocycles. The molecule has 0 spiro atoms. The Morgan fingerprint density at radius 3 is 2.56 bits per heavy atom. The molecular weight excluding hydrogens is 445 g/mol. The Morgan fingerprint density at radius 1 is 1.06 bits per heavy atom. The number of fused-ring (bicyclic) bond motifs is 1. The minimum absolute atomic E-state index is 0.165. The van der Waals surface area contributed by atoms with Gasteiger partial charge >= 0.3 is 0 Å². The van der Waals surface area contributed by atoms with Crippen LogP contribution in [0.5, 0.6) is 0 Å². The van der Waals surface area contributed by atoms with Gasteiger partial charge < -0.3 is 10.2 Å². The molecule has 5 nitrogen and oxygen atoms in total. The summed E-state index contributed by atoms with van der Waals surface area (Å²) in [4.78, 5) is 32.3. The first kappa shape index (κ1) is 22.1. The first-order valence-electron chi connectivity index (χ1n) is 10.1. The Balaban J connectivity index is 1.72. The highest BCUT2D eigenvalue weighted by Crippen LogP contribution is 2.31. The number of nitrogens with zero attached hydrogens (tertiary/aromatic N) is 2. The molecule has 2 amide bonds. The quantitative estimate of drug-likeness (QED) is 0.551. The standard InChI is InChI=1S/C25H21Cl2N3O2/c1-15-20(27)9-6-10-21(15)29-23(31)14-30-22-12-11-18(26)13-19(22)24(28-16(2)25(30)32)17-7-4-3-5-8-17/h3-13,16H,14H2,1-2H3,(H,29,31). The summed E-state index contributed by atoms with van der Waals surface area (Å²) >= 11 is 12.5. The second kappa shape index (κ2) is 9.15. The Kier molecular flexibility index (Phi) is 6.31. The Labute approximate surface area is 196 Å². The lowest BCUT2D eigenvalue weighted by molar-refractivity contribution is -0.122. The van der Waals surface area contributed by atoms with Crippen molar-refractivity contribution in [2.24, 2.45) is 4.99 Å². The molecule has 32 heavy (non-hydrogen) atoms. The van der Waals surface area contributed by atoms with Gasteiger partial charge in [-0.05, 0) is 49.7 Å². The molecule has 1 heterocycles. The lowest BCUT2D eigenvalue weighted by Crippen LogP contribution is -2.42. The van der Waals surface area contributed by atoms with Crippen LogP contribution in [0.4, 0.5) is 11.4 Å². The zero-order valence-corrected chi connectivity index (χ0v) is 19.1. The number of carbonyl (C=O) groups excluding carboxylic acids is 2. The summed E-state index contributed by atoms with van der Waals surface area (Å²) in [6.07, 6.45) is 0. The molecule has 1 aliphatic rings. The maximum atomic E-state index is 13.3. The molecule has 3 aromatic carbocycles. The van der Waals surface area contributed by atoms with Crippen LogP contribution in [-0.4, -0.2) is 30.1 Å². The van der Waals surface area contributed by atoms with Crippen molar-refractivity contribution in [2.45, 2.75) is 19.9 Å². The summed E-state index contributed by atoms with van der Waals surface area (Å²) in [5.74, 6) is -0.600. The molecule has 0 fully saturated rings. The van der Waals surface area contributed by atoms with Gasteiger partial charge in [-0.3, -0.25) is 14.6 Å². The predicted octanol–water partition coefficient (Wildman–Crippen LogP) is 5.51. The van der Waals surface area contributed by atoms with Crippen LogP contribution in [0.25, 0.3) is 0 Å². The lowest BCUT2D eigenvalue weighted by Gasteiger charge is -2.24. The number of nitrogens with one attached hydrogen (secondary N) is 1. The SMILES string of the molecule is Cc1c(Cl)cccc1NC(=O)CN1C(=O)C(C)N=C(c2ccccc2)c2cc(Cl)ccc21. The van der Waals surface area contributed by atoms with E-state index in [0.717, 1.165) is 11.1 Å².